The Balaban J connectivity index is 2.04. The molecule has 2 nitrogen and oxygen atoms in total. The number of rotatable bonds is 4. The molecule has 0 saturated carbocycles. The van der Waals surface area contributed by atoms with Crippen LogP contribution in [0.4, 0.5) is 0 Å². The molecule has 2 aromatic carbocycles. The number of halogens is 1. The third kappa shape index (κ3) is 3.19. The fourth-order valence-corrected chi connectivity index (χ4v) is 3.15. The fraction of sp³-hybridized carbons (Fsp3) is 0.118. The molecule has 0 bridgehead atoms. The number of oxazole rings is 1. The fourth-order valence-electron chi connectivity index (χ4n) is 2.18. The van der Waals surface area contributed by atoms with Crippen LogP contribution in [0, 0.1) is 0 Å². The molecule has 0 unspecified atom stereocenters. The van der Waals surface area contributed by atoms with E-state index in [0.717, 1.165) is 16.8 Å². The highest BCUT2D eigenvalue weighted by Crippen LogP contribution is 2.35. The summed E-state index contributed by atoms with van der Waals surface area (Å²) in [6, 6.07) is 16.4. The molecule has 0 atom stereocenters. The maximum atomic E-state index is 6.00. The summed E-state index contributed by atoms with van der Waals surface area (Å²) in [6.07, 6.45) is 4.11. The number of hydrogen-bond acceptors (Lipinski definition) is 4. The smallest absolute Gasteiger partial charge is 0.293 e. The highest BCUT2D eigenvalue weighted by atomic mass is 35.5. The zero-order valence-corrected chi connectivity index (χ0v) is 14.6. The second-order valence-electron chi connectivity index (χ2n) is 4.60. The van der Waals surface area contributed by atoms with Crippen LogP contribution in [0.2, 0.25) is 5.35 Å². The van der Waals surface area contributed by atoms with E-state index in [1.54, 1.807) is 23.5 Å². The minimum atomic E-state index is 0.160. The summed E-state index contributed by atoms with van der Waals surface area (Å²) >= 11 is 9.41. The second kappa shape index (κ2) is 6.82. The largest absolute Gasteiger partial charge is 0.427 e. The Labute approximate surface area is 143 Å². The van der Waals surface area contributed by atoms with Gasteiger partial charge in [0.05, 0.1) is 0 Å². The molecule has 1 heterocycles. The van der Waals surface area contributed by atoms with Crippen LogP contribution < -0.4 is 0 Å². The molecule has 0 fully saturated rings. The van der Waals surface area contributed by atoms with Crippen molar-refractivity contribution < 1.29 is 4.42 Å². The number of nitrogens with zero attached hydrogens (tertiary/aromatic N) is 1. The first-order chi connectivity index (χ1) is 10.7. The van der Waals surface area contributed by atoms with Gasteiger partial charge in [-0.1, -0.05) is 24.3 Å². The van der Waals surface area contributed by atoms with Gasteiger partial charge in [-0.15, -0.1) is 23.5 Å². The molecule has 0 amide bonds. The lowest BCUT2D eigenvalue weighted by molar-refractivity contribution is 0.574. The highest BCUT2D eigenvalue weighted by Gasteiger charge is 2.16. The Morgan fingerprint density at radius 2 is 1.32 bits per heavy atom. The van der Waals surface area contributed by atoms with Crippen LogP contribution in [0.3, 0.4) is 0 Å². The van der Waals surface area contributed by atoms with Crippen LogP contribution in [0.15, 0.2) is 62.7 Å². The molecule has 3 rings (SSSR count). The first-order valence-corrected chi connectivity index (χ1v) is 9.49. The molecule has 3 aromatic rings. The van der Waals surface area contributed by atoms with Crippen molar-refractivity contribution in [1.29, 1.82) is 0 Å². The van der Waals surface area contributed by atoms with Gasteiger partial charge >= 0.3 is 0 Å². The third-order valence-corrected chi connectivity index (χ3v) is 4.97. The maximum Gasteiger partial charge on any atom is 0.293 e. The van der Waals surface area contributed by atoms with Crippen molar-refractivity contribution in [2.75, 3.05) is 12.5 Å². The highest BCUT2D eigenvalue weighted by molar-refractivity contribution is 7.98. The Morgan fingerprint density at radius 1 is 0.818 bits per heavy atom. The predicted octanol–water partition coefficient (Wildman–Crippen LogP) is 6.11. The van der Waals surface area contributed by atoms with Crippen molar-refractivity contribution in [3.05, 3.63) is 53.9 Å². The molecule has 0 spiro atoms. The summed E-state index contributed by atoms with van der Waals surface area (Å²) in [7, 11) is 0. The molecular formula is C17H14ClNOS2. The lowest BCUT2D eigenvalue weighted by Gasteiger charge is -2.03. The summed E-state index contributed by atoms with van der Waals surface area (Å²) in [5, 5.41) is 0.160. The van der Waals surface area contributed by atoms with Crippen molar-refractivity contribution >= 4 is 35.1 Å². The van der Waals surface area contributed by atoms with Crippen LogP contribution in [0.5, 0.6) is 0 Å². The zero-order valence-electron chi connectivity index (χ0n) is 12.2. The maximum absolute atomic E-state index is 6.00. The van der Waals surface area contributed by atoms with E-state index in [0.29, 0.717) is 5.76 Å². The monoisotopic (exact) mass is 347 g/mol. The van der Waals surface area contributed by atoms with Crippen molar-refractivity contribution in [3.8, 4) is 22.6 Å². The van der Waals surface area contributed by atoms with Gasteiger partial charge in [0.15, 0.2) is 5.76 Å². The minimum absolute atomic E-state index is 0.160. The Morgan fingerprint density at radius 3 is 1.82 bits per heavy atom. The molecule has 5 heteroatoms. The van der Waals surface area contributed by atoms with E-state index in [2.05, 4.69) is 41.8 Å². The average molecular weight is 348 g/mol. The van der Waals surface area contributed by atoms with E-state index < -0.39 is 0 Å². The van der Waals surface area contributed by atoms with Crippen LogP contribution in [0.1, 0.15) is 0 Å². The Bertz CT molecular complexity index is 701. The molecule has 0 aliphatic carbocycles. The number of aromatic nitrogens is 1. The molecule has 112 valence electrons. The van der Waals surface area contributed by atoms with Gasteiger partial charge in [-0.25, -0.2) is 0 Å². The summed E-state index contributed by atoms with van der Waals surface area (Å²) < 4.78 is 5.63. The van der Waals surface area contributed by atoms with Gasteiger partial charge in [0, 0.05) is 20.9 Å². The summed E-state index contributed by atoms with van der Waals surface area (Å²) in [5.74, 6) is 0.703. The minimum Gasteiger partial charge on any atom is -0.427 e. The number of hydrogen-bond donors (Lipinski definition) is 0. The summed E-state index contributed by atoms with van der Waals surface area (Å²) in [6.45, 7) is 0. The molecule has 0 N–H and O–H groups in total. The lowest BCUT2D eigenvalue weighted by atomic mass is 10.1. The molecule has 1 aromatic heterocycles. The Kier molecular flexibility index (Phi) is 4.81. The van der Waals surface area contributed by atoms with Gasteiger partial charge in [-0.2, -0.15) is 4.98 Å². The summed E-state index contributed by atoms with van der Waals surface area (Å²) in [5.41, 5.74) is 2.74. The first kappa shape index (κ1) is 15.5. The van der Waals surface area contributed by atoms with E-state index in [-0.39, 0.29) is 5.35 Å². The van der Waals surface area contributed by atoms with E-state index in [1.807, 2.05) is 24.3 Å². The zero-order chi connectivity index (χ0) is 15.5. The van der Waals surface area contributed by atoms with Crippen LogP contribution in [-0.4, -0.2) is 17.5 Å². The lowest BCUT2D eigenvalue weighted by Crippen LogP contribution is -1.83. The van der Waals surface area contributed by atoms with Gasteiger partial charge in [-0.3, -0.25) is 0 Å². The summed E-state index contributed by atoms with van der Waals surface area (Å²) in [4.78, 5) is 6.76. The third-order valence-electron chi connectivity index (χ3n) is 3.32. The van der Waals surface area contributed by atoms with Crippen LogP contribution >= 0.6 is 35.1 Å². The van der Waals surface area contributed by atoms with E-state index >= 15 is 0 Å². The first-order valence-electron chi connectivity index (χ1n) is 6.66. The molecule has 0 saturated heterocycles. The normalized spacial score (nSPS) is 10.9. The standard InChI is InChI=1S/C17H14ClNOS2/c1-21-13-7-3-11(4-8-13)15-16(20-17(18)19-15)12-5-9-14(22-2)10-6-12/h3-10H,1-2H3. The van der Waals surface area contributed by atoms with Gasteiger partial charge in [0.1, 0.15) is 5.69 Å². The van der Waals surface area contributed by atoms with Gasteiger partial charge in [0.2, 0.25) is 0 Å². The number of thioether (sulfide) groups is 2. The van der Waals surface area contributed by atoms with Crippen molar-refractivity contribution in [3.63, 3.8) is 0 Å². The number of benzene rings is 2. The Hall–Kier alpha value is -1.36. The van der Waals surface area contributed by atoms with Gasteiger partial charge < -0.3 is 4.42 Å². The SMILES string of the molecule is CSc1ccc(-c2nc(Cl)oc2-c2ccc(SC)cc2)cc1. The molecule has 22 heavy (non-hydrogen) atoms. The van der Waals surface area contributed by atoms with E-state index in [1.165, 1.54) is 9.79 Å². The molecule has 0 aliphatic rings. The molecular weight excluding hydrogens is 334 g/mol. The molecule has 0 aliphatic heterocycles. The van der Waals surface area contributed by atoms with Crippen molar-refractivity contribution in [2.24, 2.45) is 0 Å². The average Bonchev–Trinajstić information content (AvgIpc) is 2.97. The van der Waals surface area contributed by atoms with Crippen molar-refractivity contribution in [2.45, 2.75) is 9.79 Å². The second-order valence-corrected chi connectivity index (χ2v) is 6.68. The quantitative estimate of drug-likeness (QED) is 0.532. The predicted molar refractivity (Wildman–Crippen MR) is 95.9 cm³/mol. The van der Waals surface area contributed by atoms with E-state index in [4.69, 9.17) is 16.0 Å². The van der Waals surface area contributed by atoms with Crippen LogP contribution in [-0.2, 0) is 0 Å². The van der Waals surface area contributed by atoms with Crippen LogP contribution in [0.25, 0.3) is 22.6 Å². The van der Waals surface area contributed by atoms with Crippen molar-refractivity contribution in [1.82, 2.24) is 4.98 Å². The van der Waals surface area contributed by atoms with Gasteiger partial charge in [0.25, 0.3) is 5.35 Å². The van der Waals surface area contributed by atoms with Gasteiger partial charge in [-0.05, 0) is 48.4 Å². The van der Waals surface area contributed by atoms with E-state index in [9.17, 15) is 0 Å². The topological polar surface area (TPSA) is 26.0 Å². The molecule has 0 radical (unpaired) electrons.